The molecule has 0 bridgehead atoms. The largest absolute Gasteiger partial charge is 0.507 e. The molecule has 0 radical (unpaired) electrons. The molecule has 0 amide bonds. The second-order valence-electron chi connectivity index (χ2n) is 3.61. The average Bonchev–Trinajstić information content (AvgIpc) is 2.20. The molecular formula is C13H13NO. The highest BCUT2D eigenvalue weighted by atomic mass is 16.3. The van der Waals surface area contributed by atoms with Crippen molar-refractivity contribution >= 4 is 5.69 Å². The summed E-state index contributed by atoms with van der Waals surface area (Å²) in [6.45, 7) is 2.03. The van der Waals surface area contributed by atoms with Crippen LogP contribution in [0.15, 0.2) is 42.5 Å². The van der Waals surface area contributed by atoms with Crippen LogP contribution >= 0.6 is 0 Å². The summed E-state index contributed by atoms with van der Waals surface area (Å²) >= 11 is 0. The molecule has 2 rings (SSSR count). The lowest BCUT2D eigenvalue weighted by Crippen LogP contribution is -1.90. The van der Waals surface area contributed by atoms with Gasteiger partial charge in [-0.3, -0.25) is 0 Å². The second kappa shape index (κ2) is 3.65. The van der Waals surface area contributed by atoms with E-state index in [1.54, 1.807) is 18.2 Å². The van der Waals surface area contributed by atoms with Crippen molar-refractivity contribution in [1.82, 2.24) is 0 Å². The quantitative estimate of drug-likeness (QED) is 0.693. The molecule has 0 fully saturated rings. The number of phenols is 1. The summed E-state index contributed by atoms with van der Waals surface area (Å²) in [5.41, 5.74) is 9.26. The number of benzene rings is 2. The molecule has 15 heavy (non-hydrogen) atoms. The third-order valence-corrected chi connectivity index (χ3v) is 2.41. The minimum atomic E-state index is 0.221. The maximum Gasteiger partial charge on any atom is 0.125 e. The highest BCUT2D eigenvalue weighted by molar-refractivity contribution is 5.81. The van der Waals surface area contributed by atoms with E-state index in [2.05, 4.69) is 0 Å². The number of hydrogen-bond acceptors (Lipinski definition) is 2. The van der Waals surface area contributed by atoms with Crippen molar-refractivity contribution < 1.29 is 5.11 Å². The van der Waals surface area contributed by atoms with Gasteiger partial charge in [-0.1, -0.05) is 35.9 Å². The van der Waals surface area contributed by atoms with Crippen LogP contribution in [0.3, 0.4) is 0 Å². The zero-order valence-electron chi connectivity index (χ0n) is 8.57. The second-order valence-corrected chi connectivity index (χ2v) is 3.61. The number of aromatic hydroxyl groups is 1. The van der Waals surface area contributed by atoms with Crippen molar-refractivity contribution in [3.63, 3.8) is 0 Å². The van der Waals surface area contributed by atoms with E-state index in [4.69, 9.17) is 5.73 Å². The molecule has 0 atom stereocenters. The molecule has 0 saturated carbocycles. The minimum absolute atomic E-state index is 0.221. The third kappa shape index (κ3) is 1.79. The SMILES string of the molecule is Cc1ccc(-c2c(N)cccc2O)cc1. The van der Waals surface area contributed by atoms with Crippen molar-refractivity contribution in [2.24, 2.45) is 0 Å². The summed E-state index contributed by atoms with van der Waals surface area (Å²) in [4.78, 5) is 0. The van der Waals surface area contributed by atoms with Gasteiger partial charge in [0.2, 0.25) is 0 Å². The van der Waals surface area contributed by atoms with Gasteiger partial charge in [-0.25, -0.2) is 0 Å². The Morgan fingerprint density at radius 3 is 2.27 bits per heavy atom. The molecule has 0 saturated heterocycles. The Morgan fingerprint density at radius 1 is 1.00 bits per heavy atom. The average molecular weight is 199 g/mol. The van der Waals surface area contributed by atoms with Crippen molar-refractivity contribution in [3.8, 4) is 16.9 Å². The van der Waals surface area contributed by atoms with E-state index in [0.29, 0.717) is 11.3 Å². The topological polar surface area (TPSA) is 46.2 Å². The summed E-state index contributed by atoms with van der Waals surface area (Å²) in [5, 5.41) is 9.73. The summed E-state index contributed by atoms with van der Waals surface area (Å²) in [6.07, 6.45) is 0. The van der Waals surface area contributed by atoms with Crippen LogP contribution in [0.1, 0.15) is 5.56 Å². The number of rotatable bonds is 1. The molecule has 2 heteroatoms. The van der Waals surface area contributed by atoms with E-state index in [1.165, 1.54) is 5.56 Å². The van der Waals surface area contributed by atoms with Crippen molar-refractivity contribution in [1.29, 1.82) is 0 Å². The maximum absolute atomic E-state index is 9.73. The van der Waals surface area contributed by atoms with Crippen LogP contribution in [-0.4, -0.2) is 5.11 Å². The van der Waals surface area contributed by atoms with Gasteiger partial charge in [0.05, 0.1) is 0 Å². The Balaban J connectivity index is 2.58. The maximum atomic E-state index is 9.73. The Hall–Kier alpha value is -1.96. The summed E-state index contributed by atoms with van der Waals surface area (Å²) < 4.78 is 0. The molecule has 76 valence electrons. The van der Waals surface area contributed by atoms with Crippen LogP contribution in [-0.2, 0) is 0 Å². The molecule has 3 N–H and O–H groups in total. The predicted octanol–water partition coefficient (Wildman–Crippen LogP) is 2.95. The molecule has 0 aliphatic rings. The number of hydrogen-bond donors (Lipinski definition) is 2. The summed E-state index contributed by atoms with van der Waals surface area (Å²) in [5.74, 6) is 0.221. The zero-order chi connectivity index (χ0) is 10.8. The number of phenolic OH excluding ortho intramolecular Hbond substituents is 1. The Kier molecular flexibility index (Phi) is 2.34. The zero-order valence-corrected chi connectivity index (χ0v) is 8.57. The lowest BCUT2D eigenvalue weighted by Gasteiger charge is -2.08. The third-order valence-electron chi connectivity index (χ3n) is 2.41. The van der Waals surface area contributed by atoms with E-state index in [1.807, 2.05) is 31.2 Å². The molecule has 2 aromatic rings. The predicted molar refractivity (Wildman–Crippen MR) is 62.7 cm³/mol. The fourth-order valence-corrected chi connectivity index (χ4v) is 1.59. The van der Waals surface area contributed by atoms with E-state index in [0.717, 1.165) is 5.56 Å². The van der Waals surface area contributed by atoms with Crippen LogP contribution in [0.25, 0.3) is 11.1 Å². The lowest BCUT2D eigenvalue weighted by molar-refractivity contribution is 0.477. The first-order valence-corrected chi connectivity index (χ1v) is 4.83. The molecule has 0 aliphatic heterocycles. The fourth-order valence-electron chi connectivity index (χ4n) is 1.59. The molecule has 0 heterocycles. The standard InChI is InChI=1S/C13H13NO/c1-9-5-7-10(8-6-9)13-11(14)3-2-4-12(13)15/h2-8,15H,14H2,1H3. The van der Waals surface area contributed by atoms with Gasteiger partial charge in [0.1, 0.15) is 5.75 Å². The fraction of sp³-hybridized carbons (Fsp3) is 0.0769. The molecule has 0 aromatic heterocycles. The molecule has 2 aromatic carbocycles. The van der Waals surface area contributed by atoms with E-state index in [9.17, 15) is 5.11 Å². The molecule has 2 nitrogen and oxygen atoms in total. The Labute approximate surface area is 89.0 Å². The van der Waals surface area contributed by atoms with E-state index in [-0.39, 0.29) is 5.75 Å². The first-order chi connectivity index (χ1) is 7.18. The van der Waals surface area contributed by atoms with Gasteiger partial charge < -0.3 is 10.8 Å². The molecule has 0 spiro atoms. The van der Waals surface area contributed by atoms with Crippen LogP contribution in [0.4, 0.5) is 5.69 Å². The van der Waals surface area contributed by atoms with Crippen LogP contribution < -0.4 is 5.73 Å². The number of aryl methyl sites for hydroxylation is 1. The van der Waals surface area contributed by atoms with Gasteiger partial charge in [0, 0.05) is 11.3 Å². The Bertz CT molecular complexity index is 454. The number of nitrogens with two attached hydrogens (primary N) is 1. The van der Waals surface area contributed by atoms with Crippen LogP contribution in [0, 0.1) is 6.92 Å². The molecular weight excluding hydrogens is 186 g/mol. The minimum Gasteiger partial charge on any atom is -0.507 e. The number of nitrogen functional groups attached to an aromatic ring is 1. The van der Waals surface area contributed by atoms with Gasteiger partial charge in [0.25, 0.3) is 0 Å². The van der Waals surface area contributed by atoms with Gasteiger partial charge >= 0.3 is 0 Å². The number of anilines is 1. The normalized spacial score (nSPS) is 10.2. The first-order valence-electron chi connectivity index (χ1n) is 4.83. The smallest absolute Gasteiger partial charge is 0.125 e. The lowest BCUT2D eigenvalue weighted by atomic mass is 10.0. The van der Waals surface area contributed by atoms with Crippen molar-refractivity contribution in [2.45, 2.75) is 6.92 Å². The van der Waals surface area contributed by atoms with Crippen molar-refractivity contribution in [3.05, 3.63) is 48.0 Å². The van der Waals surface area contributed by atoms with Gasteiger partial charge in [-0.05, 0) is 24.6 Å². The first kappa shape index (κ1) is 9.59. The van der Waals surface area contributed by atoms with Crippen molar-refractivity contribution in [2.75, 3.05) is 5.73 Å². The monoisotopic (exact) mass is 199 g/mol. The molecule has 0 aliphatic carbocycles. The highest BCUT2D eigenvalue weighted by Gasteiger charge is 2.06. The highest BCUT2D eigenvalue weighted by Crippen LogP contribution is 2.34. The van der Waals surface area contributed by atoms with Gasteiger partial charge in [0.15, 0.2) is 0 Å². The summed E-state index contributed by atoms with van der Waals surface area (Å²) in [7, 11) is 0. The Morgan fingerprint density at radius 2 is 1.67 bits per heavy atom. The van der Waals surface area contributed by atoms with Crippen LogP contribution in [0.5, 0.6) is 5.75 Å². The van der Waals surface area contributed by atoms with Gasteiger partial charge in [-0.2, -0.15) is 0 Å². The van der Waals surface area contributed by atoms with Crippen LogP contribution in [0.2, 0.25) is 0 Å². The van der Waals surface area contributed by atoms with Gasteiger partial charge in [-0.15, -0.1) is 0 Å². The van der Waals surface area contributed by atoms with E-state index >= 15 is 0 Å². The van der Waals surface area contributed by atoms with E-state index < -0.39 is 0 Å². The summed E-state index contributed by atoms with van der Waals surface area (Å²) in [6, 6.07) is 13.1. The molecule has 0 unspecified atom stereocenters.